The number of aromatic nitrogens is 2. The fourth-order valence-corrected chi connectivity index (χ4v) is 2.03. The maximum Gasteiger partial charge on any atom is 0.316 e. The third-order valence-corrected chi connectivity index (χ3v) is 2.84. The molecule has 0 aliphatic carbocycles. The SMILES string of the molecule is Cc1nc(Cl)nc(-c2ccccc2Cl)c1[N+](=O)[O-]. The smallest absolute Gasteiger partial charge is 0.258 e. The fraction of sp³-hybridized carbons (Fsp3) is 0.0909. The van der Waals surface area contributed by atoms with Gasteiger partial charge in [0.05, 0.1) is 9.95 Å². The minimum Gasteiger partial charge on any atom is -0.258 e. The van der Waals surface area contributed by atoms with Crippen LogP contribution in [0, 0.1) is 17.0 Å². The second kappa shape index (κ2) is 4.88. The number of hydrogen-bond donors (Lipinski definition) is 0. The van der Waals surface area contributed by atoms with Gasteiger partial charge in [0, 0.05) is 5.56 Å². The number of nitro groups is 1. The fourth-order valence-electron chi connectivity index (χ4n) is 1.59. The molecule has 0 unspecified atom stereocenters. The highest BCUT2D eigenvalue weighted by Gasteiger charge is 2.24. The first kappa shape index (κ1) is 12.7. The van der Waals surface area contributed by atoms with Gasteiger partial charge < -0.3 is 0 Å². The third-order valence-electron chi connectivity index (χ3n) is 2.34. The quantitative estimate of drug-likeness (QED) is 0.479. The van der Waals surface area contributed by atoms with Crippen LogP contribution in [0.25, 0.3) is 11.3 Å². The van der Waals surface area contributed by atoms with Crippen LogP contribution in [0.5, 0.6) is 0 Å². The van der Waals surface area contributed by atoms with E-state index in [4.69, 9.17) is 23.2 Å². The van der Waals surface area contributed by atoms with Crippen LogP contribution in [0.2, 0.25) is 10.3 Å². The summed E-state index contributed by atoms with van der Waals surface area (Å²) in [5.41, 5.74) is 0.601. The van der Waals surface area contributed by atoms with Gasteiger partial charge in [-0.05, 0) is 24.6 Å². The molecular weight excluding hydrogens is 277 g/mol. The first-order valence-corrected chi connectivity index (χ1v) is 5.69. The lowest BCUT2D eigenvalue weighted by Crippen LogP contribution is -2.01. The molecule has 1 heterocycles. The van der Waals surface area contributed by atoms with Gasteiger partial charge in [0.15, 0.2) is 5.69 Å². The molecule has 0 spiro atoms. The molecule has 0 radical (unpaired) electrons. The van der Waals surface area contributed by atoms with E-state index in [1.165, 1.54) is 6.92 Å². The first-order valence-electron chi connectivity index (χ1n) is 4.94. The molecule has 0 N–H and O–H groups in total. The largest absolute Gasteiger partial charge is 0.316 e. The zero-order chi connectivity index (χ0) is 13.3. The van der Waals surface area contributed by atoms with Crippen LogP contribution in [0.3, 0.4) is 0 Å². The summed E-state index contributed by atoms with van der Waals surface area (Å²) < 4.78 is 0. The molecule has 0 amide bonds. The molecule has 5 nitrogen and oxygen atoms in total. The van der Waals surface area contributed by atoms with Crippen LogP contribution < -0.4 is 0 Å². The van der Waals surface area contributed by atoms with Gasteiger partial charge in [-0.3, -0.25) is 10.1 Å². The molecule has 2 aromatic rings. The summed E-state index contributed by atoms with van der Waals surface area (Å²) >= 11 is 11.8. The van der Waals surface area contributed by atoms with E-state index < -0.39 is 4.92 Å². The molecule has 18 heavy (non-hydrogen) atoms. The van der Waals surface area contributed by atoms with Crippen molar-refractivity contribution in [2.45, 2.75) is 6.92 Å². The van der Waals surface area contributed by atoms with Gasteiger partial charge in [0.25, 0.3) is 0 Å². The van der Waals surface area contributed by atoms with E-state index >= 15 is 0 Å². The van der Waals surface area contributed by atoms with Gasteiger partial charge in [0.2, 0.25) is 5.28 Å². The topological polar surface area (TPSA) is 68.9 Å². The molecule has 92 valence electrons. The molecule has 0 fully saturated rings. The molecule has 1 aromatic heterocycles. The van der Waals surface area contributed by atoms with Crippen molar-refractivity contribution in [3.05, 3.63) is 50.4 Å². The summed E-state index contributed by atoms with van der Waals surface area (Å²) in [4.78, 5) is 18.2. The Morgan fingerprint density at radius 2 is 1.89 bits per heavy atom. The Morgan fingerprint density at radius 1 is 1.22 bits per heavy atom. The van der Waals surface area contributed by atoms with E-state index in [1.807, 2.05) is 0 Å². The van der Waals surface area contributed by atoms with Gasteiger partial charge in [0.1, 0.15) is 5.69 Å². The van der Waals surface area contributed by atoms with Crippen molar-refractivity contribution in [1.29, 1.82) is 0 Å². The molecule has 7 heteroatoms. The van der Waals surface area contributed by atoms with Gasteiger partial charge in [-0.15, -0.1) is 0 Å². The van der Waals surface area contributed by atoms with Gasteiger partial charge in [-0.25, -0.2) is 9.97 Å². The van der Waals surface area contributed by atoms with E-state index in [0.717, 1.165) is 0 Å². The summed E-state index contributed by atoms with van der Waals surface area (Å²) in [6, 6.07) is 6.73. The second-order valence-corrected chi connectivity index (χ2v) is 4.26. The Hall–Kier alpha value is -1.72. The van der Waals surface area contributed by atoms with Gasteiger partial charge >= 0.3 is 5.69 Å². The summed E-state index contributed by atoms with van der Waals surface area (Å²) in [5, 5.41) is 11.4. The molecule has 0 saturated heterocycles. The Kier molecular flexibility index (Phi) is 3.45. The maximum atomic E-state index is 11.1. The minimum atomic E-state index is -0.537. The Labute approximate surface area is 113 Å². The predicted octanol–water partition coefficient (Wildman–Crippen LogP) is 3.67. The van der Waals surface area contributed by atoms with E-state index in [-0.39, 0.29) is 22.4 Å². The zero-order valence-corrected chi connectivity index (χ0v) is 10.7. The average molecular weight is 284 g/mol. The molecule has 0 saturated carbocycles. The van der Waals surface area contributed by atoms with Crippen LogP contribution in [-0.2, 0) is 0 Å². The highest BCUT2D eigenvalue weighted by Crippen LogP contribution is 2.34. The highest BCUT2D eigenvalue weighted by molar-refractivity contribution is 6.33. The lowest BCUT2D eigenvalue weighted by atomic mass is 10.1. The minimum absolute atomic E-state index is 0.0481. The number of aryl methyl sites for hydroxylation is 1. The number of rotatable bonds is 2. The van der Waals surface area contributed by atoms with Crippen molar-refractivity contribution < 1.29 is 4.92 Å². The molecule has 0 bridgehead atoms. The Morgan fingerprint density at radius 3 is 2.50 bits per heavy atom. The Bertz CT molecular complexity index is 632. The number of nitrogens with zero attached hydrogens (tertiary/aromatic N) is 3. The molecule has 0 aliphatic rings. The van der Waals surface area contributed by atoms with Crippen molar-refractivity contribution in [3.63, 3.8) is 0 Å². The van der Waals surface area contributed by atoms with E-state index in [9.17, 15) is 10.1 Å². The standard InChI is InChI=1S/C11H7Cl2N3O2/c1-6-10(16(17)18)9(15-11(13)14-6)7-4-2-3-5-8(7)12/h2-5H,1H3. The molecule has 0 atom stereocenters. The maximum absolute atomic E-state index is 11.1. The van der Waals surface area contributed by atoms with E-state index in [0.29, 0.717) is 10.6 Å². The number of halogens is 2. The number of benzene rings is 1. The van der Waals surface area contributed by atoms with E-state index in [2.05, 4.69) is 9.97 Å². The van der Waals surface area contributed by atoms with Crippen LogP contribution >= 0.6 is 23.2 Å². The molecule has 2 rings (SSSR count). The zero-order valence-electron chi connectivity index (χ0n) is 9.22. The van der Waals surface area contributed by atoms with Gasteiger partial charge in [-0.2, -0.15) is 0 Å². The lowest BCUT2D eigenvalue weighted by molar-refractivity contribution is -0.385. The highest BCUT2D eigenvalue weighted by atomic mass is 35.5. The van der Waals surface area contributed by atoms with Gasteiger partial charge in [-0.1, -0.05) is 29.8 Å². The summed E-state index contributed by atoms with van der Waals surface area (Å²) in [5.74, 6) is 0. The average Bonchev–Trinajstić information content (AvgIpc) is 2.27. The normalized spacial score (nSPS) is 10.4. The Balaban J connectivity index is 2.78. The predicted molar refractivity (Wildman–Crippen MR) is 68.9 cm³/mol. The van der Waals surface area contributed by atoms with Crippen LogP contribution in [0.15, 0.2) is 24.3 Å². The van der Waals surface area contributed by atoms with E-state index in [1.54, 1.807) is 24.3 Å². The van der Waals surface area contributed by atoms with Crippen LogP contribution in [-0.4, -0.2) is 14.9 Å². The summed E-state index contributed by atoms with van der Waals surface area (Å²) in [6.45, 7) is 1.51. The van der Waals surface area contributed by atoms with Crippen molar-refractivity contribution in [2.75, 3.05) is 0 Å². The van der Waals surface area contributed by atoms with Crippen molar-refractivity contribution in [2.24, 2.45) is 0 Å². The van der Waals surface area contributed by atoms with Crippen molar-refractivity contribution in [1.82, 2.24) is 9.97 Å². The summed E-state index contributed by atoms with van der Waals surface area (Å²) in [7, 11) is 0. The first-order chi connectivity index (χ1) is 8.50. The van der Waals surface area contributed by atoms with Crippen LogP contribution in [0.1, 0.15) is 5.69 Å². The third kappa shape index (κ3) is 2.27. The number of hydrogen-bond acceptors (Lipinski definition) is 4. The van der Waals surface area contributed by atoms with Crippen LogP contribution in [0.4, 0.5) is 5.69 Å². The second-order valence-electron chi connectivity index (χ2n) is 3.51. The molecular formula is C11H7Cl2N3O2. The van der Waals surface area contributed by atoms with Crippen molar-refractivity contribution >= 4 is 28.9 Å². The molecule has 1 aromatic carbocycles. The lowest BCUT2D eigenvalue weighted by Gasteiger charge is -2.06. The monoisotopic (exact) mass is 283 g/mol. The van der Waals surface area contributed by atoms with Crippen molar-refractivity contribution in [3.8, 4) is 11.3 Å². The molecule has 0 aliphatic heterocycles. The summed E-state index contributed by atoms with van der Waals surface area (Å²) in [6.07, 6.45) is 0.